The maximum Gasteiger partial charge on any atom is 0.187 e. The highest BCUT2D eigenvalue weighted by Gasteiger charge is 2.44. The Labute approximate surface area is 132 Å². The number of aromatic hydroxyl groups is 1. The van der Waals surface area contributed by atoms with Gasteiger partial charge in [-0.3, -0.25) is 4.98 Å². The van der Waals surface area contributed by atoms with Gasteiger partial charge in [0.2, 0.25) is 0 Å². The Balaban J connectivity index is 2.10. The van der Waals surface area contributed by atoms with E-state index in [0.717, 1.165) is 0 Å². The van der Waals surface area contributed by atoms with Gasteiger partial charge in [0.05, 0.1) is 25.5 Å². The smallest absolute Gasteiger partial charge is 0.187 e. The van der Waals surface area contributed by atoms with Crippen LogP contribution in [-0.4, -0.2) is 72.9 Å². The normalized spacial score (nSPS) is 31.3. The van der Waals surface area contributed by atoms with E-state index in [-0.39, 0.29) is 17.9 Å². The van der Waals surface area contributed by atoms with Gasteiger partial charge in [0, 0.05) is 17.3 Å². The summed E-state index contributed by atoms with van der Waals surface area (Å²) in [7, 11) is 0. The summed E-state index contributed by atoms with van der Waals surface area (Å²) in [6.45, 7) is 0.429. The number of pyridine rings is 1. The Morgan fingerprint density at radius 3 is 2.48 bits per heavy atom. The van der Waals surface area contributed by atoms with Crippen molar-refractivity contribution in [1.29, 1.82) is 0 Å². The number of ether oxygens (including phenoxy) is 2. The standard InChI is InChI=1S/C14H21NO8/c1-6-10(18)8(3-16)7(2-15-6)5-22-14-13(21)12(20)11(19)9(4-17)23-14/h2,9,11-14,16-21H,3-5H2,1H3/t9-,11+,12+,13-,14+/m1/s1. The van der Waals surface area contributed by atoms with Gasteiger partial charge in [0.15, 0.2) is 6.29 Å². The van der Waals surface area contributed by atoms with Gasteiger partial charge < -0.3 is 40.1 Å². The van der Waals surface area contributed by atoms with Crippen molar-refractivity contribution in [3.05, 3.63) is 23.0 Å². The monoisotopic (exact) mass is 331 g/mol. The predicted molar refractivity (Wildman–Crippen MR) is 75.1 cm³/mol. The van der Waals surface area contributed by atoms with E-state index in [9.17, 15) is 25.5 Å². The number of aromatic nitrogens is 1. The topological polar surface area (TPSA) is 153 Å². The molecule has 6 N–H and O–H groups in total. The molecular weight excluding hydrogens is 310 g/mol. The highest BCUT2D eigenvalue weighted by atomic mass is 16.7. The molecule has 1 aromatic rings. The Morgan fingerprint density at radius 1 is 1.17 bits per heavy atom. The van der Waals surface area contributed by atoms with E-state index in [1.807, 2.05) is 0 Å². The van der Waals surface area contributed by atoms with Crippen LogP contribution >= 0.6 is 0 Å². The van der Waals surface area contributed by atoms with E-state index in [0.29, 0.717) is 11.3 Å². The molecule has 0 bridgehead atoms. The molecule has 23 heavy (non-hydrogen) atoms. The van der Waals surface area contributed by atoms with Gasteiger partial charge in [-0.1, -0.05) is 0 Å². The van der Waals surface area contributed by atoms with Gasteiger partial charge in [-0.05, 0) is 6.92 Å². The fraction of sp³-hybridized carbons (Fsp3) is 0.643. The lowest BCUT2D eigenvalue weighted by Crippen LogP contribution is -2.59. The third-order valence-corrected chi connectivity index (χ3v) is 3.84. The molecule has 0 amide bonds. The predicted octanol–water partition coefficient (Wildman–Crippen LogP) is -2.10. The average molecular weight is 331 g/mol. The van der Waals surface area contributed by atoms with Crippen molar-refractivity contribution in [3.63, 3.8) is 0 Å². The average Bonchev–Trinajstić information content (AvgIpc) is 2.55. The molecule has 9 heteroatoms. The third-order valence-electron chi connectivity index (χ3n) is 3.84. The molecule has 1 aliphatic rings. The largest absolute Gasteiger partial charge is 0.506 e. The van der Waals surface area contributed by atoms with Crippen LogP contribution in [0.3, 0.4) is 0 Å². The zero-order chi connectivity index (χ0) is 17.1. The molecule has 0 aromatic carbocycles. The first-order valence-corrected chi connectivity index (χ1v) is 7.10. The van der Waals surface area contributed by atoms with Gasteiger partial charge in [-0.25, -0.2) is 0 Å². The lowest BCUT2D eigenvalue weighted by molar-refractivity contribution is -0.304. The van der Waals surface area contributed by atoms with Crippen molar-refractivity contribution in [1.82, 2.24) is 4.98 Å². The van der Waals surface area contributed by atoms with Crippen molar-refractivity contribution in [2.75, 3.05) is 6.61 Å². The van der Waals surface area contributed by atoms with Crippen LogP contribution in [0.15, 0.2) is 6.20 Å². The van der Waals surface area contributed by atoms with E-state index < -0.39 is 43.9 Å². The first kappa shape index (κ1) is 18.0. The van der Waals surface area contributed by atoms with Crippen molar-refractivity contribution in [2.45, 2.75) is 50.8 Å². The lowest BCUT2D eigenvalue weighted by atomic mass is 9.99. The number of nitrogens with zero attached hydrogens (tertiary/aromatic N) is 1. The first-order chi connectivity index (χ1) is 10.9. The van der Waals surface area contributed by atoms with Gasteiger partial charge in [-0.15, -0.1) is 0 Å². The number of rotatable bonds is 5. The SMILES string of the molecule is Cc1ncc(CO[C@H]2O[C@H](CO)[C@H](O)[C@H](O)[C@H]2O)c(CO)c1O. The van der Waals surface area contributed by atoms with Gasteiger partial charge in [0.1, 0.15) is 30.2 Å². The van der Waals surface area contributed by atoms with E-state index >= 15 is 0 Å². The molecule has 1 aliphatic heterocycles. The summed E-state index contributed by atoms with van der Waals surface area (Å²) in [5.41, 5.74) is 0.972. The van der Waals surface area contributed by atoms with Crippen molar-refractivity contribution < 1.29 is 40.1 Å². The minimum atomic E-state index is -1.53. The number of hydrogen-bond acceptors (Lipinski definition) is 9. The summed E-state index contributed by atoms with van der Waals surface area (Å²) < 4.78 is 10.6. The number of hydrogen-bond donors (Lipinski definition) is 6. The van der Waals surface area contributed by atoms with Crippen LogP contribution in [0.5, 0.6) is 5.75 Å². The molecule has 0 saturated carbocycles. The van der Waals surface area contributed by atoms with E-state index in [4.69, 9.17) is 14.6 Å². The van der Waals surface area contributed by atoms with Crippen LogP contribution < -0.4 is 0 Å². The second-order valence-electron chi connectivity index (χ2n) is 5.36. The highest BCUT2D eigenvalue weighted by molar-refractivity contribution is 5.39. The van der Waals surface area contributed by atoms with E-state index in [1.165, 1.54) is 6.20 Å². The lowest BCUT2D eigenvalue weighted by Gasteiger charge is -2.39. The summed E-state index contributed by atoms with van der Waals surface area (Å²) in [5.74, 6) is -0.151. The van der Waals surface area contributed by atoms with Crippen LogP contribution in [-0.2, 0) is 22.7 Å². The Kier molecular flexibility index (Phi) is 5.87. The summed E-state index contributed by atoms with van der Waals surface area (Å²) >= 11 is 0. The number of aliphatic hydroxyl groups excluding tert-OH is 5. The number of aryl methyl sites for hydroxylation is 1. The second-order valence-corrected chi connectivity index (χ2v) is 5.36. The molecule has 2 rings (SSSR count). The summed E-state index contributed by atoms with van der Waals surface area (Å²) in [4.78, 5) is 3.95. The fourth-order valence-corrected chi connectivity index (χ4v) is 2.36. The second kappa shape index (κ2) is 7.49. The molecule has 130 valence electrons. The van der Waals surface area contributed by atoms with Crippen LogP contribution in [0.25, 0.3) is 0 Å². The highest BCUT2D eigenvalue weighted by Crippen LogP contribution is 2.26. The van der Waals surface area contributed by atoms with Gasteiger partial charge >= 0.3 is 0 Å². The van der Waals surface area contributed by atoms with Gasteiger partial charge in [-0.2, -0.15) is 0 Å². The van der Waals surface area contributed by atoms with Crippen LogP contribution in [0.1, 0.15) is 16.8 Å². The molecule has 9 nitrogen and oxygen atoms in total. The molecular formula is C14H21NO8. The van der Waals surface area contributed by atoms with E-state index in [2.05, 4.69) is 4.98 Å². The molecule has 0 radical (unpaired) electrons. The molecule has 0 aliphatic carbocycles. The summed E-state index contributed by atoms with van der Waals surface area (Å²) in [5, 5.41) is 57.5. The Morgan fingerprint density at radius 2 is 1.87 bits per heavy atom. The van der Waals surface area contributed by atoms with Crippen LogP contribution in [0, 0.1) is 6.92 Å². The quantitative estimate of drug-likeness (QED) is 0.356. The zero-order valence-electron chi connectivity index (χ0n) is 12.5. The fourth-order valence-electron chi connectivity index (χ4n) is 2.36. The van der Waals surface area contributed by atoms with Crippen LogP contribution in [0.4, 0.5) is 0 Å². The molecule has 1 fully saturated rings. The maximum atomic E-state index is 9.87. The summed E-state index contributed by atoms with van der Waals surface area (Å²) in [6.07, 6.45) is -5.47. The molecule has 0 unspecified atom stereocenters. The minimum absolute atomic E-state index is 0.151. The van der Waals surface area contributed by atoms with Gasteiger partial charge in [0.25, 0.3) is 0 Å². The molecule has 1 aromatic heterocycles. The minimum Gasteiger partial charge on any atom is -0.506 e. The van der Waals surface area contributed by atoms with Crippen LogP contribution in [0.2, 0.25) is 0 Å². The molecule has 1 saturated heterocycles. The van der Waals surface area contributed by atoms with E-state index in [1.54, 1.807) is 6.92 Å². The Bertz CT molecular complexity index is 538. The van der Waals surface area contributed by atoms with Crippen molar-refractivity contribution in [3.8, 4) is 5.75 Å². The van der Waals surface area contributed by atoms with Crippen molar-refractivity contribution in [2.24, 2.45) is 0 Å². The number of aliphatic hydroxyl groups is 5. The zero-order valence-corrected chi connectivity index (χ0v) is 12.5. The first-order valence-electron chi connectivity index (χ1n) is 7.10. The third kappa shape index (κ3) is 3.61. The maximum absolute atomic E-state index is 9.87. The molecule has 5 atom stereocenters. The molecule has 2 heterocycles. The molecule has 0 spiro atoms. The Hall–Kier alpha value is -1.33. The summed E-state index contributed by atoms with van der Waals surface area (Å²) in [6, 6.07) is 0. The van der Waals surface area contributed by atoms with Crippen molar-refractivity contribution >= 4 is 0 Å².